The minimum absolute atomic E-state index is 0.500. The topological polar surface area (TPSA) is 151 Å². The van der Waals surface area contributed by atoms with Gasteiger partial charge in [0.15, 0.2) is 0 Å². The molecule has 0 bridgehead atoms. The number of carboxylic acids is 2. The third-order valence-electron chi connectivity index (χ3n) is 9.96. The lowest BCUT2D eigenvalue weighted by atomic mass is 9.55. The highest BCUT2D eigenvalue weighted by atomic mass is 16.5. The van der Waals surface area contributed by atoms with Gasteiger partial charge in [-0.15, -0.1) is 0 Å². The van der Waals surface area contributed by atoms with E-state index in [1.165, 1.54) is 0 Å². The van der Waals surface area contributed by atoms with Crippen LogP contribution >= 0.6 is 0 Å². The zero-order valence-corrected chi connectivity index (χ0v) is 29.9. The zero-order valence-electron chi connectivity index (χ0n) is 29.9. The van der Waals surface area contributed by atoms with Crippen molar-refractivity contribution in [2.24, 2.45) is 23.7 Å². The predicted molar refractivity (Wildman–Crippen MR) is 196 cm³/mol. The molecule has 0 saturated heterocycles. The Balaban J connectivity index is 1.38. The van der Waals surface area contributed by atoms with Crippen LogP contribution in [-0.2, 0) is 30.3 Å². The van der Waals surface area contributed by atoms with Crippen molar-refractivity contribution in [2.45, 2.75) is 64.5 Å². The SMILES string of the molecule is CCC[C@@](C)(NC(=O)C1C(C(=O)O)C(C(=O)O)C1C(=O)N[C@](C)(CCC)c1ccc(Oc2ccccc2)cc1)c1ccc(Oc2ccccc2)cc1. The number of carbonyl (C=O) groups is 4. The average Bonchev–Trinajstić information content (AvgIpc) is 3.09. The number of ether oxygens (including phenoxy) is 2. The van der Waals surface area contributed by atoms with Crippen molar-refractivity contribution in [1.82, 2.24) is 10.6 Å². The molecular weight excluding hydrogens is 660 g/mol. The second-order valence-electron chi connectivity index (χ2n) is 13.8. The first-order valence-corrected chi connectivity index (χ1v) is 17.7. The molecule has 1 saturated carbocycles. The van der Waals surface area contributed by atoms with Gasteiger partial charge in [0.2, 0.25) is 11.8 Å². The third kappa shape index (κ3) is 8.28. The minimum Gasteiger partial charge on any atom is -0.481 e. The smallest absolute Gasteiger partial charge is 0.308 e. The van der Waals surface area contributed by atoms with Crippen LogP contribution in [0, 0.1) is 23.7 Å². The lowest BCUT2D eigenvalue weighted by Crippen LogP contribution is -2.66. The van der Waals surface area contributed by atoms with Gasteiger partial charge in [-0.2, -0.15) is 0 Å². The first-order chi connectivity index (χ1) is 24.9. The molecule has 272 valence electrons. The monoisotopic (exact) mass is 706 g/mol. The van der Waals surface area contributed by atoms with Gasteiger partial charge in [-0.05, 0) is 86.3 Å². The van der Waals surface area contributed by atoms with Crippen molar-refractivity contribution in [1.29, 1.82) is 0 Å². The van der Waals surface area contributed by atoms with Crippen LogP contribution in [0.1, 0.15) is 64.5 Å². The predicted octanol–water partition coefficient (Wildman–Crippen LogP) is 7.88. The second kappa shape index (κ2) is 16.1. The Bertz CT molecular complexity index is 1710. The van der Waals surface area contributed by atoms with Gasteiger partial charge in [0, 0.05) is 0 Å². The van der Waals surface area contributed by atoms with Crippen molar-refractivity contribution >= 4 is 23.8 Å². The van der Waals surface area contributed by atoms with E-state index in [9.17, 15) is 29.4 Å². The number of carbonyl (C=O) groups excluding carboxylic acids is 2. The fourth-order valence-electron chi connectivity index (χ4n) is 7.31. The Morgan fingerprint density at radius 3 is 1.12 bits per heavy atom. The highest BCUT2D eigenvalue weighted by Crippen LogP contribution is 2.48. The highest BCUT2D eigenvalue weighted by molar-refractivity contribution is 6.00. The van der Waals surface area contributed by atoms with E-state index in [0.29, 0.717) is 48.7 Å². The van der Waals surface area contributed by atoms with Gasteiger partial charge in [0.1, 0.15) is 23.0 Å². The molecule has 1 fully saturated rings. The zero-order chi connectivity index (χ0) is 37.5. The molecule has 6 atom stereocenters. The Kier molecular flexibility index (Phi) is 11.7. The molecule has 4 aromatic carbocycles. The summed E-state index contributed by atoms with van der Waals surface area (Å²) in [7, 11) is 0. The van der Waals surface area contributed by atoms with Crippen LogP contribution in [0.3, 0.4) is 0 Å². The average molecular weight is 707 g/mol. The van der Waals surface area contributed by atoms with E-state index in [-0.39, 0.29) is 0 Å². The Morgan fingerprint density at radius 2 is 0.827 bits per heavy atom. The summed E-state index contributed by atoms with van der Waals surface area (Å²) in [5, 5.41) is 26.4. The van der Waals surface area contributed by atoms with Gasteiger partial charge in [0.25, 0.3) is 0 Å². The van der Waals surface area contributed by atoms with Crippen LogP contribution in [-0.4, -0.2) is 34.0 Å². The number of benzene rings is 4. The van der Waals surface area contributed by atoms with Crippen LogP contribution < -0.4 is 20.1 Å². The molecule has 10 heteroatoms. The van der Waals surface area contributed by atoms with Crippen LogP contribution in [0.15, 0.2) is 109 Å². The Hall–Kier alpha value is -5.64. The first kappa shape index (κ1) is 37.6. The molecule has 4 aromatic rings. The number of carboxylic acid groups (broad SMARTS) is 2. The van der Waals surface area contributed by atoms with E-state index in [0.717, 1.165) is 11.1 Å². The second-order valence-corrected chi connectivity index (χ2v) is 13.8. The van der Waals surface area contributed by atoms with Crippen molar-refractivity contribution in [3.8, 4) is 23.0 Å². The number of aliphatic carboxylic acids is 2. The van der Waals surface area contributed by atoms with Gasteiger partial charge in [-0.25, -0.2) is 0 Å². The largest absolute Gasteiger partial charge is 0.481 e. The lowest BCUT2D eigenvalue weighted by Gasteiger charge is -2.48. The molecule has 0 aliphatic heterocycles. The molecule has 4 unspecified atom stereocenters. The standard InChI is InChI=1S/C42H46N2O8/c1-5-25-41(3,27-17-21-31(22-18-27)51-29-13-9-7-10-14-29)43-37(45)33-34(36(40(49)50)35(33)39(47)48)38(46)44-42(4,26-6-2)28-19-23-32(24-20-28)52-30-15-11-8-12-16-30/h7-24,33-36H,5-6,25-26H2,1-4H3,(H,43,45)(H,44,46)(H,47,48)(H,49,50)/t33?,34?,35?,36?,41-,42-/m1/s1. The van der Waals surface area contributed by atoms with Crippen LogP contribution in [0.2, 0.25) is 0 Å². The fourth-order valence-corrected chi connectivity index (χ4v) is 7.31. The van der Waals surface area contributed by atoms with Gasteiger partial charge in [-0.1, -0.05) is 87.4 Å². The summed E-state index contributed by atoms with van der Waals surface area (Å²) in [6, 6.07) is 33.1. The Morgan fingerprint density at radius 1 is 0.519 bits per heavy atom. The van der Waals surface area contributed by atoms with Crippen LogP contribution in [0.5, 0.6) is 23.0 Å². The number of rotatable bonds is 16. The van der Waals surface area contributed by atoms with Crippen LogP contribution in [0.4, 0.5) is 0 Å². The molecule has 1 aliphatic carbocycles. The minimum atomic E-state index is -1.59. The number of hydrogen-bond acceptors (Lipinski definition) is 6. The number of nitrogens with one attached hydrogen (secondary N) is 2. The summed E-state index contributed by atoms with van der Waals surface area (Å²) in [6.07, 6.45) is 2.36. The van der Waals surface area contributed by atoms with Crippen molar-refractivity contribution in [3.63, 3.8) is 0 Å². The molecule has 2 amide bonds. The fraction of sp³-hybridized carbons (Fsp3) is 0.333. The summed E-state index contributed by atoms with van der Waals surface area (Å²) >= 11 is 0. The van der Waals surface area contributed by atoms with Crippen molar-refractivity contribution in [2.75, 3.05) is 0 Å². The number of hydrogen-bond donors (Lipinski definition) is 4. The van der Waals surface area contributed by atoms with E-state index in [1.54, 1.807) is 24.3 Å². The van der Waals surface area contributed by atoms with E-state index in [1.807, 2.05) is 113 Å². The molecular formula is C42H46N2O8. The van der Waals surface area contributed by atoms with Crippen molar-refractivity contribution < 1.29 is 38.9 Å². The van der Waals surface area contributed by atoms with E-state index in [2.05, 4.69) is 10.6 Å². The van der Waals surface area contributed by atoms with E-state index < -0.39 is 58.5 Å². The molecule has 5 rings (SSSR count). The molecule has 1 aliphatic rings. The van der Waals surface area contributed by atoms with Crippen molar-refractivity contribution in [3.05, 3.63) is 120 Å². The van der Waals surface area contributed by atoms with E-state index in [4.69, 9.17) is 9.47 Å². The van der Waals surface area contributed by atoms with E-state index >= 15 is 0 Å². The quantitative estimate of drug-likeness (QED) is 0.0919. The van der Waals surface area contributed by atoms with Gasteiger partial charge >= 0.3 is 11.9 Å². The summed E-state index contributed by atoms with van der Waals surface area (Å²) in [5.74, 6) is -7.74. The van der Waals surface area contributed by atoms with Gasteiger partial charge in [0.05, 0.1) is 34.7 Å². The number of para-hydroxylation sites is 2. The molecule has 0 aromatic heterocycles. The summed E-state index contributed by atoms with van der Waals surface area (Å²) in [4.78, 5) is 53.3. The Labute approximate surface area is 304 Å². The first-order valence-electron chi connectivity index (χ1n) is 17.7. The van der Waals surface area contributed by atoms with Gasteiger partial charge in [-0.3, -0.25) is 19.2 Å². The highest BCUT2D eigenvalue weighted by Gasteiger charge is 2.64. The molecule has 0 radical (unpaired) electrons. The summed E-state index contributed by atoms with van der Waals surface area (Å²) in [5.41, 5.74) is -0.397. The molecule has 10 nitrogen and oxygen atoms in total. The molecule has 4 N–H and O–H groups in total. The molecule has 0 spiro atoms. The number of amides is 2. The maximum Gasteiger partial charge on any atom is 0.308 e. The maximum absolute atomic E-state index is 14.2. The summed E-state index contributed by atoms with van der Waals surface area (Å²) in [6.45, 7) is 7.60. The summed E-state index contributed by atoms with van der Waals surface area (Å²) < 4.78 is 11.9. The van der Waals surface area contributed by atoms with Gasteiger partial charge < -0.3 is 30.3 Å². The third-order valence-corrected chi connectivity index (χ3v) is 9.96. The lowest BCUT2D eigenvalue weighted by molar-refractivity contribution is -0.182. The maximum atomic E-state index is 14.2. The normalized spacial score (nSPS) is 20.2. The van der Waals surface area contributed by atoms with Crippen LogP contribution in [0.25, 0.3) is 0 Å². The molecule has 0 heterocycles. The molecule has 52 heavy (non-hydrogen) atoms.